The largest absolute Gasteiger partial charge is 0.376 e. The van der Waals surface area contributed by atoms with Crippen molar-refractivity contribution in [3.63, 3.8) is 0 Å². The van der Waals surface area contributed by atoms with Crippen molar-refractivity contribution in [2.75, 3.05) is 59.5 Å². The van der Waals surface area contributed by atoms with E-state index in [4.69, 9.17) is 9.47 Å². The van der Waals surface area contributed by atoms with Crippen LogP contribution in [0.3, 0.4) is 0 Å². The summed E-state index contributed by atoms with van der Waals surface area (Å²) < 4.78 is 11.9. The Hall–Kier alpha value is -0.850. The van der Waals surface area contributed by atoms with Crippen LogP contribution in [-0.4, -0.2) is 87.5 Å². The first-order valence-electron chi connectivity index (χ1n) is 11.7. The molecular weight excluding hydrogens is 352 g/mol. The van der Waals surface area contributed by atoms with Crippen molar-refractivity contribution < 1.29 is 9.47 Å². The number of aliphatic imine (C=N–C) groups is 1. The van der Waals surface area contributed by atoms with Crippen LogP contribution in [0, 0.1) is 5.92 Å². The number of piperidine rings is 2. The zero-order valence-corrected chi connectivity index (χ0v) is 18.2. The summed E-state index contributed by atoms with van der Waals surface area (Å²) in [5.41, 5.74) is 0. The SMILES string of the molecule is CN=C(NCCCN1CCCC(C)C1)N1CCC(OCC2CCCCO2)CC1. The molecule has 0 saturated carbocycles. The lowest BCUT2D eigenvalue weighted by molar-refractivity contribution is -0.0721. The maximum absolute atomic E-state index is 6.14. The van der Waals surface area contributed by atoms with Gasteiger partial charge < -0.3 is 24.6 Å². The van der Waals surface area contributed by atoms with Crippen molar-refractivity contribution in [1.82, 2.24) is 15.1 Å². The van der Waals surface area contributed by atoms with Gasteiger partial charge in [-0.15, -0.1) is 0 Å². The molecule has 0 aromatic rings. The van der Waals surface area contributed by atoms with Gasteiger partial charge in [0.05, 0.1) is 18.8 Å². The second kappa shape index (κ2) is 12.0. The summed E-state index contributed by atoms with van der Waals surface area (Å²) >= 11 is 0. The predicted molar refractivity (Wildman–Crippen MR) is 115 cm³/mol. The zero-order valence-electron chi connectivity index (χ0n) is 18.2. The number of likely N-dealkylation sites (tertiary alicyclic amines) is 2. The summed E-state index contributed by atoms with van der Waals surface area (Å²) in [6, 6.07) is 0. The number of ether oxygens (including phenoxy) is 2. The molecule has 0 amide bonds. The Morgan fingerprint density at radius 1 is 1.11 bits per heavy atom. The normalized spacial score (nSPS) is 28.5. The average Bonchev–Trinajstić information content (AvgIpc) is 2.74. The molecule has 3 aliphatic heterocycles. The second-order valence-electron chi connectivity index (χ2n) is 8.88. The molecule has 6 nitrogen and oxygen atoms in total. The van der Waals surface area contributed by atoms with Crippen molar-refractivity contribution >= 4 is 5.96 Å². The molecule has 0 bridgehead atoms. The minimum Gasteiger partial charge on any atom is -0.376 e. The van der Waals surface area contributed by atoms with E-state index in [-0.39, 0.29) is 0 Å². The summed E-state index contributed by atoms with van der Waals surface area (Å²) in [5, 5.41) is 3.58. The van der Waals surface area contributed by atoms with Crippen LogP contribution in [-0.2, 0) is 9.47 Å². The Balaban J connectivity index is 1.27. The van der Waals surface area contributed by atoms with Gasteiger partial charge in [0.15, 0.2) is 5.96 Å². The lowest BCUT2D eigenvalue weighted by Crippen LogP contribution is -2.47. The van der Waals surface area contributed by atoms with E-state index >= 15 is 0 Å². The maximum Gasteiger partial charge on any atom is 0.193 e. The van der Waals surface area contributed by atoms with E-state index < -0.39 is 0 Å². The second-order valence-corrected chi connectivity index (χ2v) is 8.88. The van der Waals surface area contributed by atoms with Crippen molar-refractivity contribution in [2.24, 2.45) is 10.9 Å². The van der Waals surface area contributed by atoms with E-state index in [9.17, 15) is 0 Å². The Morgan fingerprint density at radius 2 is 1.96 bits per heavy atom. The highest BCUT2D eigenvalue weighted by Crippen LogP contribution is 2.18. The van der Waals surface area contributed by atoms with Crippen molar-refractivity contribution in [2.45, 2.75) is 70.5 Å². The topological polar surface area (TPSA) is 49.3 Å². The highest BCUT2D eigenvalue weighted by Gasteiger charge is 2.23. The van der Waals surface area contributed by atoms with Crippen LogP contribution < -0.4 is 5.32 Å². The van der Waals surface area contributed by atoms with Gasteiger partial charge >= 0.3 is 0 Å². The van der Waals surface area contributed by atoms with Gasteiger partial charge in [-0.05, 0) is 70.4 Å². The van der Waals surface area contributed by atoms with E-state index in [0.29, 0.717) is 12.2 Å². The molecule has 162 valence electrons. The summed E-state index contributed by atoms with van der Waals surface area (Å²) in [5.74, 6) is 1.92. The van der Waals surface area contributed by atoms with Crippen molar-refractivity contribution in [3.05, 3.63) is 0 Å². The Morgan fingerprint density at radius 3 is 2.68 bits per heavy atom. The Bertz CT molecular complexity index is 459. The highest BCUT2D eigenvalue weighted by atomic mass is 16.5. The molecule has 3 rings (SSSR count). The standard InChI is InChI=1S/C22H42N4O2/c1-19-7-5-12-25(17-19)13-6-11-24-22(23-2)26-14-9-20(10-15-26)28-18-21-8-3-4-16-27-21/h19-21H,3-18H2,1-2H3,(H,23,24). The molecule has 0 aliphatic carbocycles. The van der Waals surface area contributed by atoms with Crippen molar-refractivity contribution in [3.8, 4) is 0 Å². The third-order valence-electron chi connectivity index (χ3n) is 6.42. The lowest BCUT2D eigenvalue weighted by atomic mass is 10.0. The van der Waals surface area contributed by atoms with Crippen molar-refractivity contribution in [1.29, 1.82) is 0 Å². The lowest BCUT2D eigenvalue weighted by Gasteiger charge is -2.35. The molecule has 3 fully saturated rings. The number of nitrogens with one attached hydrogen (secondary N) is 1. The first-order chi connectivity index (χ1) is 13.7. The van der Waals surface area contributed by atoms with E-state index in [0.717, 1.165) is 64.0 Å². The first kappa shape index (κ1) is 21.8. The van der Waals surface area contributed by atoms with Gasteiger partial charge in [0.2, 0.25) is 0 Å². The van der Waals surface area contributed by atoms with Crippen LogP contribution in [0.1, 0.15) is 58.3 Å². The quantitative estimate of drug-likeness (QED) is 0.409. The molecule has 3 heterocycles. The minimum absolute atomic E-state index is 0.323. The van der Waals surface area contributed by atoms with Gasteiger partial charge in [-0.25, -0.2) is 0 Å². The van der Waals surface area contributed by atoms with Gasteiger partial charge in [0.1, 0.15) is 0 Å². The van der Waals surface area contributed by atoms with E-state index in [1.165, 1.54) is 51.7 Å². The molecule has 0 radical (unpaired) electrons. The number of guanidine groups is 1. The Kier molecular flexibility index (Phi) is 9.35. The first-order valence-corrected chi connectivity index (χ1v) is 11.7. The van der Waals surface area contributed by atoms with Crippen LogP contribution in [0.5, 0.6) is 0 Å². The average molecular weight is 395 g/mol. The summed E-state index contributed by atoms with van der Waals surface area (Å²) in [4.78, 5) is 9.52. The summed E-state index contributed by atoms with van der Waals surface area (Å²) in [6.45, 7) is 10.9. The third-order valence-corrected chi connectivity index (χ3v) is 6.42. The third kappa shape index (κ3) is 7.20. The number of rotatable bonds is 7. The number of nitrogens with zero attached hydrogens (tertiary/aromatic N) is 3. The molecule has 28 heavy (non-hydrogen) atoms. The molecule has 1 N–H and O–H groups in total. The molecule has 0 aromatic carbocycles. The molecule has 6 heteroatoms. The minimum atomic E-state index is 0.323. The summed E-state index contributed by atoms with van der Waals surface area (Å²) in [6.07, 6.45) is 10.5. The maximum atomic E-state index is 6.14. The van der Waals surface area contributed by atoms with Gasteiger partial charge in [-0.2, -0.15) is 0 Å². The fourth-order valence-corrected chi connectivity index (χ4v) is 4.74. The molecule has 2 unspecified atom stereocenters. The smallest absolute Gasteiger partial charge is 0.193 e. The van der Waals surface area contributed by atoms with Gasteiger partial charge in [-0.3, -0.25) is 4.99 Å². The molecule has 2 atom stereocenters. The molecule has 3 saturated heterocycles. The van der Waals surface area contributed by atoms with E-state index in [1.54, 1.807) is 0 Å². The van der Waals surface area contributed by atoms with E-state index in [1.807, 2.05) is 7.05 Å². The highest BCUT2D eigenvalue weighted by molar-refractivity contribution is 5.79. The van der Waals surface area contributed by atoms with Crippen LogP contribution in [0.4, 0.5) is 0 Å². The molecular formula is C22H42N4O2. The van der Waals surface area contributed by atoms with Crippen LogP contribution in [0.15, 0.2) is 4.99 Å². The number of hydrogen-bond acceptors (Lipinski definition) is 4. The van der Waals surface area contributed by atoms with E-state index in [2.05, 4.69) is 27.0 Å². The molecule has 0 spiro atoms. The molecule has 3 aliphatic rings. The molecule has 0 aromatic heterocycles. The predicted octanol–water partition coefficient (Wildman–Crippen LogP) is 2.73. The van der Waals surface area contributed by atoms with Crippen LogP contribution >= 0.6 is 0 Å². The number of hydrogen-bond donors (Lipinski definition) is 1. The van der Waals surface area contributed by atoms with Gasteiger partial charge in [0.25, 0.3) is 0 Å². The fraction of sp³-hybridized carbons (Fsp3) is 0.955. The summed E-state index contributed by atoms with van der Waals surface area (Å²) in [7, 11) is 1.90. The van der Waals surface area contributed by atoms with Gasteiger partial charge in [0, 0.05) is 39.8 Å². The Labute approximate surface area is 172 Å². The monoisotopic (exact) mass is 394 g/mol. The van der Waals surface area contributed by atoms with Crippen LogP contribution in [0.25, 0.3) is 0 Å². The van der Waals surface area contributed by atoms with Gasteiger partial charge in [-0.1, -0.05) is 6.92 Å². The van der Waals surface area contributed by atoms with Crippen LogP contribution in [0.2, 0.25) is 0 Å². The fourth-order valence-electron chi connectivity index (χ4n) is 4.74. The zero-order chi connectivity index (χ0) is 19.6.